The summed E-state index contributed by atoms with van der Waals surface area (Å²) in [5, 5.41) is 9.03. The second kappa shape index (κ2) is 8.47. The van der Waals surface area contributed by atoms with Crippen molar-refractivity contribution in [1.82, 2.24) is 25.0 Å². The zero-order valence-electron chi connectivity index (χ0n) is 17.8. The van der Waals surface area contributed by atoms with E-state index in [9.17, 15) is 9.18 Å². The van der Waals surface area contributed by atoms with Crippen LogP contribution in [0.15, 0.2) is 35.1 Å². The number of fused-ring (bicyclic) bond motifs is 1. The minimum absolute atomic E-state index is 0.138. The van der Waals surface area contributed by atoms with Gasteiger partial charge in [-0.25, -0.2) is 9.07 Å². The Bertz CT molecular complexity index is 1030. The molecule has 6 nitrogen and oxygen atoms in total. The second-order valence-electron chi connectivity index (χ2n) is 8.71. The highest BCUT2D eigenvalue weighted by Gasteiger charge is 2.24. The summed E-state index contributed by atoms with van der Waals surface area (Å²) in [7, 11) is 4.09. The largest absolute Gasteiger partial charge is 0.312 e. The third-order valence-corrected chi connectivity index (χ3v) is 4.82. The van der Waals surface area contributed by atoms with Crippen molar-refractivity contribution in [1.29, 1.82) is 0 Å². The zero-order valence-corrected chi connectivity index (χ0v) is 17.8. The van der Waals surface area contributed by atoms with Gasteiger partial charge in [-0.15, -0.1) is 0 Å². The van der Waals surface area contributed by atoms with Crippen LogP contribution in [0.2, 0.25) is 0 Å². The van der Waals surface area contributed by atoms with E-state index in [1.54, 1.807) is 16.8 Å². The molecular weight excluding hydrogens is 369 g/mol. The van der Waals surface area contributed by atoms with E-state index in [1.165, 1.54) is 12.1 Å². The molecule has 7 heteroatoms. The average molecular weight is 400 g/mol. The van der Waals surface area contributed by atoms with Crippen molar-refractivity contribution in [2.75, 3.05) is 27.2 Å². The highest BCUT2D eigenvalue weighted by molar-refractivity contribution is 5.81. The van der Waals surface area contributed by atoms with Crippen LogP contribution in [0.5, 0.6) is 0 Å². The van der Waals surface area contributed by atoms with Crippen molar-refractivity contribution in [3.63, 3.8) is 0 Å². The maximum atomic E-state index is 13.3. The van der Waals surface area contributed by atoms with Crippen LogP contribution < -0.4 is 10.9 Å². The molecule has 0 aliphatic rings. The smallest absolute Gasteiger partial charge is 0.254 e. The van der Waals surface area contributed by atoms with Gasteiger partial charge in [0.25, 0.3) is 5.56 Å². The topological polar surface area (TPSA) is 66.0 Å². The SMILES string of the molecule is CN(C)CCCNCc1cc2c(C(C)(C)C)nn(-c3ccc(F)cc3)c2[nH]c1=O. The van der Waals surface area contributed by atoms with E-state index < -0.39 is 0 Å². The standard InChI is InChI=1S/C22H30FN5O/c1-22(2,3)19-18-13-15(14-24-11-6-12-27(4)5)21(29)25-20(18)28(26-19)17-9-7-16(23)8-10-17/h7-10,13,24H,6,11-12,14H2,1-5H3,(H,25,29). The molecule has 0 atom stereocenters. The quantitative estimate of drug-likeness (QED) is 0.599. The third-order valence-electron chi connectivity index (χ3n) is 4.82. The van der Waals surface area contributed by atoms with Crippen molar-refractivity contribution < 1.29 is 4.39 Å². The molecule has 0 spiro atoms. The molecule has 0 aliphatic heterocycles. The predicted molar refractivity (Wildman–Crippen MR) is 115 cm³/mol. The van der Waals surface area contributed by atoms with Crippen molar-refractivity contribution in [2.45, 2.75) is 39.2 Å². The van der Waals surface area contributed by atoms with Crippen LogP contribution in [0.3, 0.4) is 0 Å². The molecule has 0 amide bonds. The fraction of sp³-hybridized carbons (Fsp3) is 0.455. The van der Waals surface area contributed by atoms with Crippen molar-refractivity contribution in [3.8, 4) is 5.69 Å². The van der Waals surface area contributed by atoms with Crippen molar-refractivity contribution >= 4 is 11.0 Å². The van der Waals surface area contributed by atoms with E-state index >= 15 is 0 Å². The first-order valence-electron chi connectivity index (χ1n) is 9.93. The normalized spacial score (nSPS) is 12.2. The molecule has 1 aromatic carbocycles. The van der Waals surface area contributed by atoms with Gasteiger partial charge in [0.05, 0.1) is 11.4 Å². The molecular formula is C22H30FN5O. The number of hydrogen-bond donors (Lipinski definition) is 2. The van der Waals surface area contributed by atoms with Crippen LogP contribution in [-0.2, 0) is 12.0 Å². The van der Waals surface area contributed by atoms with Gasteiger partial charge in [0.15, 0.2) is 0 Å². The monoisotopic (exact) mass is 399 g/mol. The minimum Gasteiger partial charge on any atom is -0.312 e. The summed E-state index contributed by atoms with van der Waals surface area (Å²) in [6, 6.07) is 8.04. The Morgan fingerprint density at radius 1 is 1.21 bits per heavy atom. The van der Waals surface area contributed by atoms with Gasteiger partial charge in [0.2, 0.25) is 0 Å². The van der Waals surface area contributed by atoms with Crippen molar-refractivity contribution in [3.05, 3.63) is 57.8 Å². The lowest BCUT2D eigenvalue weighted by Gasteiger charge is -2.15. The summed E-state index contributed by atoms with van der Waals surface area (Å²) in [6.07, 6.45) is 1.02. The fourth-order valence-electron chi connectivity index (χ4n) is 3.31. The number of pyridine rings is 1. The number of aromatic amines is 1. The van der Waals surface area contributed by atoms with Gasteiger partial charge in [-0.1, -0.05) is 20.8 Å². The Morgan fingerprint density at radius 2 is 1.90 bits per heavy atom. The van der Waals surface area contributed by atoms with E-state index in [-0.39, 0.29) is 16.8 Å². The number of benzene rings is 1. The van der Waals surface area contributed by atoms with Crippen LogP contribution in [0.25, 0.3) is 16.7 Å². The van der Waals surface area contributed by atoms with Gasteiger partial charge in [0, 0.05) is 22.9 Å². The Morgan fingerprint density at radius 3 is 2.52 bits per heavy atom. The number of hydrogen-bond acceptors (Lipinski definition) is 4. The van der Waals surface area contributed by atoms with E-state index in [0.29, 0.717) is 23.4 Å². The Labute approximate surface area is 170 Å². The van der Waals surface area contributed by atoms with Gasteiger partial charge in [-0.05, 0) is 63.9 Å². The first-order valence-corrected chi connectivity index (χ1v) is 9.93. The number of nitrogens with one attached hydrogen (secondary N) is 2. The summed E-state index contributed by atoms with van der Waals surface area (Å²) in [6.45, 7) is 8.62. The molecule has 3 aromatic rings. The van der Waals surface area contributed by atoms with Crippen LogP contribution in [-0.4, -0.2) is 46.8 Å². The molecule has 29 heavy (non-hydrogen) atoms. The van der Waals surface area contributed by atoms with E-state index in [4.69, 9.17) is 5.10 Å². The Balaban J connectivity index is 1.98. The second-order valence-corrected chi connectivity index (χ2v) is 8.71. The van der Waals surface area contributed by atoms with Crippen LogP contribution in [0.4, 0.5) is 4.39 Å². The molecule has 0 saturated heterocycles. The first kappa shape index (κ1) is 21.2. The van der Waals surface area contributed by atoms with Crippen molar-refractivity contribution in [2.24, 2.45) is 0 Å². The summed E-state index contributed by atoms with van der Waals surface area (Å²) in [5.74, 6) is -0.308. The summed E-state index contributed by atoms with van der Waals surface area (Å²) in [4.78, 5) is 17.8. The molecule has 2 heterocycles. The van der Waals surface area contributed by atoms with Gasteiger partial charge >= 0.3 is 0 Å². The van der Waals surface area contributed by atoms with Crippen LogP contribution in [0.1, 0.15) is 38.4 Å². The molecule has 3 rings (SSSR count). The van der Waals surface area contributed by atoms with Gasteiger partial charge in [-0.2, -0.15) is 5.10 Å². The summed E-state index contributed by atoms with van der Waals surface area (Å²) >= 11 is 0. The van der Waals surface area contributed by atoms with Crippen LogP contribution >= 0.6 is 0 Å². The maximum absolute atomic E-state index is 13.3. The third kappa shape index (κ3) is 4.92. The lowest BCUT2D eigenvalue weighted by molar-refractivity contribution is 0.394. The molecule has 2 aromatic heterocycles. The lowest BCUT2D eigenvalue weighted by atomic mass is 9.90. The first-order chi connectivity index (χ1) is 13.7. The number of halogens is 1. The number of rotatable bonds is 7. The Kier molecular flexibility index (Phi) is 6.19. The van der Waals surface area contributed by atoms with E-state index in [2.05, 4.69) is 36.0 Å². The number of aromatic nitrogens is 3. The van der Waals surface area contributed by atoms with Gasteiger partial charge in [0.1, 0.15) is 11.5 Å². The van der Waals surface area contributed by atoms with Gasteiger partial charge in [-0.3, -0.25) is 4.79 Å². The predicted octanol–water partition coefficient (Wildman–Crippen LogP) is 3.19. The van der Waals surface area contributed by atoms with E-state index in [0.717, 1.165) is 30.6 Å². The maximum Gasteiger partial charge on any atom is 0.254 e. The molecule has 2 N–H and O–H groups in total. The number of nitrogens with zero attached hydrogens (tertiary/aromatic N) is 3. The van der Waals surface area contributed by atoms with E-state index in [1.807, 2.05) is 20.2 Å². The molecule has 0 fully saturated rings. The highest BCUT2D eigenvalue weighted by atomic mass is 19.1. The molecule has 0 unspecified atom stereocenters. The summed E-state index contributed by atoms with van der Waals surface area (Å²) < 4.78 is 15.0. The fourth-order valence-corrected chi connectivity index (χ4v) is 3.31. The molecule has 156 valence electrons. The molecule has 0 bridgehead atoms. The molecule has 0 saturated carbocycles. The lowest BCUT2D eigenvalue weighted by Crippen LogP contribution is -2.24. The average Bonchev–Trinajstić information content (AvgIpc) is 3.00. The Hall–Kier alpha value is -2.51. The highest BCUT2D eigenvalue weighted by Crippen LogP contribution is 2.29. The zero-order chi connectivity index (χ0) is 21.2. The summed E-state index contributed by atoms with van der Waals surface area (Å²) in [5.41, 5.74) is 2.56. The molecule has 0 radical (unpaired) electrons. The van der Waals surface area contributed by atoms with Gasteiger partial charge < -0.3 is 15.2 Å². The number of H-pyrrole nitrogens is 1. The molecule has 0 aliphatic carbocycles. The minimum atomic E-state index is -0.308. The van der Waals surface area contributed by atoms with Crippen LogP contribution in [0, 0.1) is 5.82 Å².